The van der Waals surface area contributed by atoms with Crippen LogP contribution in [0.4, 0.5) is 0 Å². The molecule has 0 amide bonds. The molecule has 0 spiro atoms. The lowest BCUT2D eigenvalue weighted by Crippen LogP contribution is -2.70. The molecule has 3 heterocycles. The molecule has 208 valence electrons. The van der Waals surface area contributed by atoms with Gasteiger partial charge in [-0.2, -0.15) is 0 Å². The third kappa shape index (κ3) is 3.14. The molecule has 5 nitrogen and oxygen atoms in total. The first-order valence-corrected chi connectivity index (χ1v) is 14.7. The molecule has 2 aromatic heterocycles. The smallest absolute Gasteiger partial charge is 0.288 e. The molecule has 41 heavy (non-hydrogen) atoms. The number of hydrogen-bond donors (Lipinski definition) is 1. The summed E-state index contributed by atoms with van der Waals surface area (Å²) in [5.74, 6) is -1.56. The van der Waals surface area contributed by atoms with Gasteiger partial charge in [-0.15, -0.1) is 0 Å². The second-order valence-electron chi connectivity index (χ2n) is 12.6. The summed E-state index contributed by atoms with van der Waals surface area (Å²) in [7, 11) is 3.78. The van der Waals surface area contributed by atoms with Crippen LogP contribution in [0.25, 0.3) is 54.7 Å². The van der Waals surface area contributed by atoms with Gasteiger partial charge in [0.1, 0.15) is 5.52 Å². The third-order valence-electron chi connectivity index (χ3n) is 9.84. The lowest BCUT2D eigenvalue weighted by Gasteiger charge is -2.48. The van der Waals surface area contributed by atoms with E-state index in [2.05, 4.69) is 118 Å². The van der Waals surface area contributed by atoms with E-state index in [0.717, 1.165) is 49.5 Å². The Morgan fingerprint density at radius 1 is 0.927 bits per heavy atom. The molecule has 0 aliphatic carbocycles. The molecule has 6 aromatic rings. The van der Waals surface area contributed by atoms with E-state index in [1.165, 1.54) is 16.3 Å². The second kappa shape index (κ2) is 8.60. The minimum absolute atomic E-state index is 0.115. The Balaban J connectivity index is 1.78. The number of fused-ring (bicyclic) bond motifs is 11. The molecular formula is C36H38N3O2+. The number of aryl methyl sites for hydroxylation is 1. The van der Waals surface area contributed by atoms with Crippen LogP contribution in [0.15, 0.2) is 73.1 Å². The Kier molecular flexibility index (Phi) is 5.48. The zero-order valence-electron chi connectivity index (χ0n) is 25.0. The van der Waals surface area contributed by atoms with Crippen LogP contribution < -0.4 is 4.57 Å². The lowest BCUT2D eigenvalue weighted by atomic mass is 9.70. The summed E-state index contributed by atoms with van der Waals surface area (Å²) in [6.07, 6.45) is 3.28. The molecule has 0 bridgehead atoms. The van der Waals surface area contributed by atoms with Gasteiger partial charge in [0, 0.05) is 25.3 Å². The Morgan fingerprint density at radius 2 is 1.59 bits per heavy atom. The van der Waals surface area contributed by atoms with E-state index in [1.54, 1.807) is 7.11 Å². The van der Waals surface area contributed by atoms with Crippen LogP contribution in [0.3, 0.4) is 0 Å². The molecule has 7 rings (SSSR count). The largest absolute Gasteiger partial charge is 0.358 e. The minimum Gasteiger partial charge on any atom is -0.358 e. The molecule has 1 unspecified atom stereocenters. The number of aliphatic hydroxyl groups is 1. The standard InChI is InChI=1S/C36H38N3O2/c1-8-35(9-2)36(40,41-7)30-25-17-13-12-16-24(25)27(34(3,4)5)20-26(30)32-33-31(37-21-39(32)35)29-23-15-11-10-14-22(23)18-19-28(29)38(33)6/h10-21,40H,8-9H2,1-7H3/q+1. The summed E-state index contributed by atoms with van der Waals surface area (Å²) in [6.45, 7) is 11.1. The molecular weight excluding hydrogens is 506 g/mol. The molecule has 4 aromatic carbocycles. The molecule has 1 N–H and O–H groups in total. The normalized spacial score (nSPS) is 18.3. The highest BCUT2D eigenvalue weighted by Crippen LogP contribution is 2.53. The second-order valence-corrected chi connectivity index (χ2v) is 12.6. The van der Waals surface area contributed by atoms with Crippen LogP contribution in [0.2, 0.25) is 0 Å². The van der Waals surface area contributed by atoms with E-state index in [1.807, 2.05) is 6.33 Å². The van der Waals surface area contributed by atoms with Gasteiger partial charge in [-0.05, 0) is 62.5 Å². The van der Waals surface area contributed by atoms with E-state index in [9.17, 15) is 5.11 Å². The van der Waals surface area contributed by atoms with Gasteiger partial charge in [0.15, 0.2) is 11.2 Å². The number of rotatable bonds is 3. The van der Waals surface area contributed by atoms with Crippen molar-refractivity contribution in [2.24, 2.45) is 7.05 Å². The Bertz CT molecular complexity index is 2030. The molecule has 1 aliphatic rings. The Morgan fingerprint density at radius 3 is 2.24 bits per heavy atom. The number of aromatic nitrogens is 3. The summed E-state index contributed by atoms with van der Waals surface area (Å²) < 4.78 is 10.8. The van der Waals surface area contributed by atoms with E-state index in [-0.39, 0.29) is 5.41 Å². The number of hydrogen-bond acceptors (Lipinski definition) is 3. The van der Waals surface area contributed by atoms with Crippen molar-refractivity contribution in [2.75, 3.05) is 7.11 Å². The van der Waals surface area contributed by atoms with Crippen LogP contribution in [0.5, 0.6) is 0 Å². The minimum atomic E-state index is -1.56. The first-order chi connectivity index (χ1) is 19.6. The maximum Gasteiger partial charge on any atom is 0.288 e. The van der Waals surface area contributed by atoms with Gasteiger partial charge in [0.25, 0.3) is 6.33 Å². The van der Waals surface area contributed by atoms with E-state index >= 15 is 0 Å². The average molecular weight is 545 g/mol. The fourth-order valence-electron chi connectivity index (χ4n) is 7.76. The summed E-state index contributed by atoms with van der Waals surface area (Å²) in [4.78, 5) is 5.17. The maximum atomic E-state index is 12.8. The highest BCUT2D eigenvalue weighted by molar-refractivity contribution is 6.21. The topological polar surface area (TPSA) is 51.2 Å². The third-order valence-corrected chi connectivity index (χ3v) is 9.84. The van der Waals surface area contributed by atoms with Gasteiger partial charge >= 0.3 is 0 Å². The summed E-state index contributed by atoms with van der Waals surface area (Å²) >= 11 is 0. The van der Waals surface area contributed by atoms with Crippen LogP contribution in [0, 0.1) is 0 Å². The van der Waals surface area contributed by atoms with E-state index < -0.39 is 11.3 Å². The summed E-state index contributed by atoms with van der Waals surface area (Å²) in [5, 5.41) is 18.6. The van der Waals surface area contributed by atoms with Gasteiger partial charge in [-0.25, -0.2) is 4.57 Å². The maximum absolute atomic E-state index is 12.8. The zero-order chi connectivity index (χ0) is 28.9. The Labute approximate surface area is 241 Å². The lowest BCUT2D eigenvalue weighted by molar-refractivity contribution is -0.791. The van der Waals surface area contributed by atoms with Crippen molar-refractivity contribution in [1.82, 2.24) is 9.55 Å². The molecule has 0 saturated carbocycles. The number of benzene rings is 4. The zero-order valence-corrected chi connectivity index (χ0v) is 25.0. The highest BCUT2D eigenvalue weighted by atomic mass is 16.6. The van der Waals surface area contributed by atoms with Crippen molar-refractivity contribution >= 4 is 43.5 Å². The first-order valence-electron chi connectivity index (χ1n) is 14.7. The summed E-state index contributed by atoms with van der Waals surface area (Å²) in [6, 6.07) is 23.7. The fourth-order valence-corrected chi connectivity index (χ4v) is 7.76. The van der Waals surface area contributed by atoms with Crippen molar-refractivity contribution < 1.29 is 14.4 Å². The van der Waals surface area contributed by atoms with Crippen molar-refractivity contribution in [1.29, 1.82) is 0 Å². The average Bonchev–Trinajstić information content (AvgIpc) is 3.28. The molecule has 0 saturated heterocycles. The monoisotopic (exact) mass is 544 g/mol. The number of nitrogens with zero attached hydrogens (tertiary/aromatic N) is 3. The highest BCUT2D eigenvalue weighted by Gasteiger charge is 2.61. The molecule has 1 atom stereocenters. The van der Waals surface area contributed by atoms with Crippen molar-refractivity contribution in [3.63, 3.8) is 0 Å². The quantitative estimate of drug-likeness (QED) is 0.184. The Hall–Kier alpha value is -3.80. The molecule has 1 aliphatic heterocycles. The van der Waals surface area contributed by atoms with Crippen molar-refractivity contribution in [3.05, 3.63) is 84.2 Å². The molecule has 0 fully saturated rings. The summed E-state index contributed by atoms with van der Waals surface area (Å²) in [5.41, 5.74) is 6.47. The van der Waals surface area contributed by atoms with Crippen LogP contribution in [-0.4, -0.2) is 21.8 Å². The van der Waals surface area contributed by atoms with Gasteiger partial charge in [-0.1, -0.05) is 89.2 Å². The first kappa shape index (κ1) is 26.1. The van der Waals surface area contributed by atoms with Gasteiger partial charge < -0.3 is 14.4 Å². The van der Waals surface area contributed by atoms with Gasteiger partial charge in [0.05, 0.1) is 10.9 Å². The van der Waals surface area contributed by atoms with Crippen molar-refractivity contribution in [3.8, 4) is 11.3 Å². The predicted octanol–water partition coefficient (Wildman–Crippen LogP) is 7.61. The van der Waals surface area contributed by atoms with Gasteiger partial charge in [-0.3, -0.25) is 0 Å². The molecule has 5 heteroatoms. The van der Waals surface area contributed by atoms with Gasteiger partial charge in [0.2, 0.25) is 11.3 Å². The SMILES string of the molecule is CCC1(CC)[n+]2cnc3c4c5ccccc5ccc4n(C)c3c2-c2cc(C(C)(C)C)c3ccccc3c2C1(O)OC. The fraction of sp³-hybridized carbons (Fsp3) is 0.333. The number of methoxy groups -OCH3 is 1. The van der Waals surface area contributed by atoms with Crippen LogP contribution in [-0.2, 0) is 28.5 Å². The number of ether oxygens (including phenoxy) is 1. The van der Waals surface area contributed by atoms with Crippen LogP contribution >= 0.6 is 0 Å². The van der Waals surface area contributed by atoms with E-state index in [4.69, 9.17) is 9.72 Å². The van der Waals surface area contributed by atoms with E-state index in [0.29, 0.717) is 12.8 Å². The van der Waals surface area contributed by atoms with Crippen molar-refractivity contribution in [2.45, 2.75) is 64.2 Å². The molecule has 0 radical (unpaired) electrons. The van der Waals surface area contributed by atoms with Crippen LogP contribution in [0.1, 0.15) is 58.6 Å². The predicted molar refractivity (Wildman–Crippen MR) is 167 cm³/mol.